The number of ketones is 1. The first-order valence-electron chi connectivity index (χ1n) is 7.76. The second kappa shape index (κ2) is 7.91. The van der Waals surface area contributed by atoms with Crippen LogP contribution in [0.3, 0.4) is 0 Å². The van der Waals surface area contributed by atoms with Crippen molar-refractivity contribution in [2.24, 2.45) is 0 Å². The maximum absolute atomic E-state index is 12.9. The summed E-state index contributed by atoms with van der Waals surface area (Å²) in [4.78, 5) is 16.8. The highest BCUT2D eigenvalue weighted by molar-refractivity contribution is 7.99. The number of hydrogen-bond acceptors (Lipinski definition) is 4. The van der Waals surface area contributed by atoms with E-state index in [1.165, 1.54) is 11.8 Å². The summed E-state index contributed by atoms with van der Waals surface area (Å²) >= 11 is 1.19. The number of nitrogens with zero attached hydrogens (tertiary/aromatic N) is 1. The normalized spacial score (nSPS) is 11.4. The first-order chi connectivity index (χ1) is 11.8. The van der Waals surface area contributed by atoms with Crippen molar-refractivity contribution >= 4 is 23.2 Å². The van der Waals surface area contributed by atoms with Gasteiger partial charge in [-0.3, -0.25) is 9.78 Å². The lowest BCUT2D eigenvalue weighted by atomic mass is 10.0. The predicted molar refractivity (Wildman–Crippen MR) is 94.4 cm³/mol. The van der Waals surface area contributed by atoms with E-state index in [4.69, 9.17) is 0 Å². The Bertz CT molecular complexity index is 775. The van der Waals surface area contributed by atoms with Gasteiger partial charge in [0.15, 0.2) is 5.78 Å². The van der Waals surface area contributed by atoms with Crippen molar-refractivity contribution in [3.63, 3.8) is 0 Å². The highest BCUT2D eigenvalue weighted by Gasteiger charge is 2.32. The summed E-state index contributed by atoms with van der Waals surface area (Å²) in [6, 6.07) is 6.69. The van der Waals surface area contributed by atoms with Crippen molar-refractivity contribution in [1.82, 2.24) is 4.98 Å². The number of thioether (sulfide) groups is 1. The summed E-state index contributed by atoms with van der Waals surface area (Å²) in [5.74, 6) is 0.252. The fourth-order valence-electron chi connectivity index (χ4n) is 2.44. The van der Waals surface area contributed by atoms with Gasteiger partial charge in [0, 0.05) is 30.2 Å². The molecule has 0 aliphatic carbocycles. The molecule has 0 spiro atoms. The molecule has 2 aromatic rings. The van der Waals surface area contributed by atoms with Gasteiger partial charge in [0.2, 0.25) is 0 Å². The molecular formula is C18H19F3N2OS. The molecule has 0 bridgehead atoms. The van der Waals surface area contributed by atoms with Gasteiger partial charge in [0.1, 0.15) is 5.69 Å². The lowest BCUT2D eigenvalue weighted by Crippen LogP contribution is -2.12. The third kappa shape index (κ3) is 4.75. The van der Waals surface area contributed by atoms with Crippen LogP contribution in [0.5, 0.6) is 0 Å². The minimum Gasteiger partial charge on any atom is -0.388 e. The van der Waals surface area contributed by atoms with Crippen LogP contribution in [-0.4, -0.2) is 23.6 Å². The molecule has 0 saturated carbocycles. The number of rotatable bonds is 6. The average Bonchev–Trinajstić information content (AvgIpc) is 2.54. The summed E-state index contributed by atoms with van der Waals surface area (Å²) in [7, 11) is 1.76. The zero-order valence-corrected chi connectivity index (χ0v) is 15.0. The summed E-state index contributed by atoms with van der Waals surface area (Å²) in [5.41, 5.74) is 1.86. The number of aromatic nitrogens is 1. The molecule has 0 unspecified atom stereocenters. The Morgan fingerprint density at radius 1 is 1.28 bits per heavy atom. The molecule has 3 nitrogen and oxygen atoms in total. The third-order valence-electron chi connectivity index (χ3n) is 3.63. The molecule has 0 fully saturated rings. The predicted octanol–water partition coefficient (Wildman–Crippen LogP) is 4.99. The maximum Gasteiger partial charge on any atom is 0.417 e. The highest BCUT2D eigenvalue weighted by atomic mass is 32.2. The van der Waals surface area contributed by atoms with E-state index < -0.39 is 11.7 Å². The van der Waals surface area contributed by atoms with Crippen molar-refractivity contribution < 1.29 is 18.0 Å². The zero-order chi connectivity index (χ0) is 18.6. The lowest BCUT2D eigenvalue weighted by Gasteiger charge is -2.13. The summed E-state index contributed by atoms with van der Waals surface area (Å²) in [6.45, 7) is 3.74. The van der Waals surface area contributed by atoms with Crippen molar-refractivity contribution in [1.29, 1.82) is 0 Å². The van der Waals surface area contributed by atoms with E-state index in [0.717, 1.165) is 29.1 Å². The molecule has 0 aliphatic rings. The fourth-order valence-corrected chi connectivity index (χ4v) is 3.27. The zero-order valence-electron chi connectivity index (χ0n) is 14.2. The highest BCUT2D eigenvalue weighted by Crippen LogP contribution is 2.33. The molecular weight excluding hydrogens is 349 g/mol. The lowest BCUT2D eigenvalue weighted by molar-refractivity contribution is -0.138. The molecule has 0 atom stereocenters. The van der Waals surface area contributed by atoms with Crippen molar-refractivity contribution in [2.45, 2.75) is 31.3 Å². The van der Waals surface area contributed by atoms with Gasteiger partial charge in [0.05, 0.1) is 5.56 Å². The standard InChI is InChI=1S/C18H19F3N2OS/c1-4-25-16-9-13(18(19,20)21)10-23-17(16)15(24)8-12-7-11(2)5-6-14(12)22-3/h5-7,9-10,22H,4,8H2,1-3H3. The van der Waals surface area contributed by atoms with Crippen LogP contribution in [0.2, 0.25) is 0 Å². The molecule has 25 heavy (non-hydrogen) atoms. The molecule has 0 radical (unpaired) electrons. The minimum absolute atomic E-state index is 0.0769. The molecule has 1 aromatic carbocycles. The van der Waals surface area contributed by atoms with Gasteiger partial charge in [-0.2, -0.15) is 13.2 Å². The monoisotopic (exact) mass is 368 g/mol. The third-order valence-corrected chi connectivity index (χ3v) is 4.54. The number of alkyl halides is 3. The van der Waals surface area contributed by atoms with Crippen LogP contribution in [0.15, 0.2) is 35.4 Å². The largest absolute Gasteiger partial charge is 0.417 e. The Morgan fingerprint density at radius 2 is 2.00 bits per heavy atom. The summed E-state index contributed by atoms with van der Waals surface area (Å²) < 4.78 is 38.7. The van der Waals surface area contributed by atoms with Gasteiger partial charge in [0.25, 0.3) is 0 Å². The van der Waals surface area contributed by atoms with E-state index in [1.807, 2.05) is 32.0 Å². The van der Waals surface area contributed by atoms with Gasteiger partial charge in [-0.1, -0.05) is 24.6 Å². The number of benzene rings is 1. The maximum atomic E-state index is 12.9. The molecule has 2 rings (SSSR count). The summed E-state index contributed by atoms with van der Waals surface area (Å²) in [6.07, 6.45) is -3.68. The molecule has 0 saturated heterocycles. The van der Waals surface area contributed by atoms with E-state index in [9.17, 15) is 18.0 Å². The molecule has 1 N–H and O–H groups in total. The number of carbonyl (C=O) groups excluding carboxylic acids is 1. The van der Waals surface area contributed by atoms with Crippen LogP contribution >= 0.6 is 11.8 Å². The summed E-state index contributed by atoms with van der Waals surface area (Å²) in [5, 5.41) is 3.02. The first-order valence-corrected chi connectivity index (χ1v) is 8.75. The van der Waals surface area contributed by atoms with Crippen LogP contribution in [0.4, 0.5) is 18.9 Å². The van der Waals surface area contributed by atoms with E-state index in [-0.39, 0.29) is 22.8 Å². The number of halogens is 3. The molecule has 1 heterocycles. The van der Waals surface area contributed by atoms with Crippen molar-refractivity contribution in [3.05, 3.63) is 52.8 Å². The molecule has 0 aliphatic heterocycles. The van der Waals surface area contributed by atoms with E-state index in [2.05, 4.69) is 10.3 Å². The second-order valence-corrected chi connectivity index (χ2v) is 6.82. The molecule has 0 amide bonds. The topological polar surface area (TPSA) is 42.0 Å². The van der Waals surface area contributed by atoms with Crippen molar-refractivity contribution in [2.75, 3.05) is 18.1 Å². The van der Waals surface area contributed by atoms with Gasteiger partial charge in [-0.05, 0) is 30.4 Å². The number of hydrogen-bond donors (Lipinski definition) is 1. The number of pyridine rings is 1. The van der Waals surface area contributed by atoms with Crippen LogP contribution < -0.4 is 5.32 Å². The van der Waals surface area contributed by atoms with Gasteiger partial charge >= 0.3 is 6.18 Å². The Morgan fingerprint density at radius 3 is 2.60 bits per heavy atom. The van der Waals surface area contributed by atoms with Crippen LogP contribution in [0, 0.1) is 6.92 Å². The van der Waals surface area contributed by atoms with Gasteiger partial charge in [-0.15, -0.1) is 11.8 Å². The Hall–Kier alpha value is -2.02. The van der Waals surface area contributed by atoms with Crippen molar-refractivity contribution in [3.8, 4) is 0 Å². The van der Waals surface area contributed by atoms with Crippen LogP contribution in [-0.2, 0) is 12.6 Å². The van der Waals surface area contributed by atoms with Gasteiger partial charge < -0.3 is 5.32 Å². The number of carbonyl (C=O) groups is 1. The SMILES string of the molecule is CCSc1cc(C(F)(F)F)cnc1C(=O)Cc1cc(C)ccc1NC. The Kier molecular flexibility index (Phi) is 6.11. The quantitative estimate of drug-likeness (QED) is 0.576. The molecule has 7 heteroatoms. The van der Waals surface area contributed by atoms with E-state index >= 15 is 0 Å². The Labute approximate surface area is 149 Å². The first kappa shape index (κ1) is 19.3. The number of Topliss-reactive ketones (excluding diaryl/α,β-unsaturated/α-hetero) is 1. The average molecular weight is 368 g/mol. The molecule has 1 aromatic heterocycles. The second-order valence-electron chi connectivity index (χ2n) is 5.51. The number of anilines is 1. The van der Waals surface area contributed by atoms with Crippen LogP contribution in [0.25, 0.3) is 0 Å². The Balaban J connectivity index is 2.37. The van der Waals surface area contributed by atoms with E-state index in [0.29, 0.717) is 5.75 Å². The van der Waals surface area contributed by atoms with Gasteiger partial charge in [-0.25, -0.2) is 0 Å². The fraction of sp³-hybridized carbons (Fsp3) is 0.333. The number of aryl methyl sites for hydroxylation is 1. The van der Waals surface area contributed by atoms with Crippen LogP contribution in [0.1, 0.15) is 34.1 Å². The minimum atomic E-state index is -4.48. The molecule has 134 valence electrons. The number of nitrogens with one attached hydrogen (secondary N) is 1. The van der Waals surface area contributed by atoms with E-state index in [1.54, 1.807) is 7.05 Å². The smallest absolute Gasteiger partial charge is 0.388 e.